The molecule has 0 aliphatic carbocycles. The monoisotopic (exact) mass is 411 g/mol. The van der Waals surface area contributed by atoms with E-state index in [1.165, 1.54) is 6.08 Å². The van der Waals surface area contributed by atoms with Gasteiger partial charge in [0.2, 0.25) is 5.91 Å². The minimum Gasteiger partial charge on any atom is -0.493 e. The van der Waals surface area contributed by atoms with Gasteiger partial charge in [-0.1, -0.05) is 36.4 Å². The van der Waals surface area contributed by atoms with Gasteiger partial charge < -0.3 is 14.8 Å². The third-order valence-corrected chi connectivity index (χ3v) is 4.52. The second-order valence-corrected chi connectivity index (χ2v) is 6.44. The van der Waals surface area contributed by atoms with Crippen LogP contribution in [0.2, 0.25) is 0 Å². The highest BCUT2D eigenvalue weighted by atomic mass is 79.9. The molecule has 0 aliphatic heterocycles. The van der Waals surface area contributed by atoms with E-state index in [0.29, 0.717) is 11.5 Å². The first-order chi connectivity index (χ1) is 12.6. The summed E-state index contributed by atoms with van der Waals surface area (Å²) < 4.78 is 11.4. The summed E-state index contributed by atoms with van der Waals surface area (Å²) >= 11 is 3.45. The summed E-state index contributed by atoms with van der Waals surface area (Å²) in [4.78, 5) is 12.3. The standard InChI is InChI=1S/C21H18BrNO3/c1-25-19-13-14(12-17(22)21(19)26-2)10-11-20(24)23-18-9-5-7-15-6-3-4-8-16(15)18/h3-13H,1-2H3,(H,23,24)/b11-10+. The van der Waals surface area contributed by atoms with Crippen LogP contribution in [0.5, 0.6) is 11.5 Å². The summed E-state index contributed by atoms with van der Waals surface area (Å²) in [6.07, 6.45) is 3.22. The Bertz CT molecular complexity index is 977. The molecule has 1 amide bonds. The summed E-state index contributed by atoms with van der Waals surface area (Å²) in [7, 11) is 3.15. The molecular formula is C21H18BrNO3. The minimum atomic E-state index is -0.202. The van der Waals surface area contributed by atoms with Crippen LogP contribution >= 0.6 is 15.9 Å². The molecule has 0 saturated carbocycles. The molecule has 0 bridgehead atoms. The molecule has 5 heteroatoms. The molecule has 4 nitrogen and oxygen atoms in total. The van der Waals surface area contributed by atoms with E-state index < -0.39 is 0 Å². The van der Waals surface area contributed by atoms with Gasteiger partial charge in [-0.2, -0.15) is 0 Å². The molecule has 0 saturated heterocycles. The molecule has 3 rings (SSSR count). The SMILES string of the molecule is COc1cc(/C=C/C(=O)Nc2cccc3ccccc23)cc(Br)c1OC. The van der Waals surface area contributed by atoms with Crippen LogP contribution in [0.1, 0.15) is 5.56 Å². The fourth-order valence-corrected chi connectivity index (χ4v) is 3.34. The molecule has 0 aromatic heterocycles. The Morgan fingerprint density at radius 1 is 1.04 bits per heavy atom. The van der Waals surface area contributed by atoms with Crippen molar-refractivity contribution < 1.29 is 14.3 Å². The Hall–Kier alpha value is -2.79. The number of rotatable bonds is 5. The van der Waals surface area contributed by atoms with Crippen LogP contribution in [0.4, 0.5) is 5.69 Å². The van der Waals surface area contributed by atoms with Crippen molar-refractivity contribution in [3.63, 3.8) is 0 Å². The minimum absolute atomic E-state index is 0.202. The summed E-state index contributed by atoms with van der Waals surface area (Å²) in [6.45, 7) is 0. The summed E-state index contributed by atoms with van der Waals surface area (Å²) in [5.74, 6) is 1.01. The molecule has 0 spiro atoms. The average Bonchev–Trinajstić information content (AvgIpc) is 2.66. The zero-order chi connectivity index (χ0) is 18.5. The van der Waals surface area contributed by atoms with Gasteiger partial charge >= 0.3 is 0 Å². The zero-order valence-electron chi connectivity index (χ0n) is 14.5. The number of benzene rings is 3. The lowest BCUT2D eigenvalue weighted by Gasteiger charge is -2.10. The molecule has 0 unspecified atom stereocenters. The van der Waals surface area contributed by atoms with E-state index in [0.717, 1.165) is 26.5 Å². The number of amides is 1. The van der Waals surface area contributed by atoms with Crippen LogP contribution in [0.25, 0.3) is 16.8 Å². The Morgan fingerprint density at radius 3 is 2.58 bits per heavy atom. The Balaban J connectivity index is 1.80. The lowest BCUT2D eigenvalue weighted by Crippen LogP contribution is -2.08. The molecular weight excluding hydrogens is 394 g/mol. The van der Waals surface area contributed by atoms with Crippen molar-refractivity contribution in [2.45, 2.75) is 0 Å². The number of nitrogens with one attached hydrogen (secondary N) is 1. The zero-order valence-corrected chi connectivity index (χ0v) is 16.0. The Labute approximate surface area is 160 Å². The maximum Gasteiger partial charge on any atom is 0.248 e. The van der Waals surface area contributed by atoms with Crippen LogP contribution < -0.4 is 14.8 Å². The van der Waals surface area contributed by atoms with Crippen LogP contribution in [0.15, 0.2) is 65.1 Å². The third-order valence-electron chi connectivity index (χ3n) is 3.93. The topological polar surface area (TPSA) is 47.6 Å². The van der Waals surface area contributed by atoms with Crippen LogP contribution in [-0.2, 0) is 4.79 Å². The number of carbonyl (C=O) groups excluding carboxylic acids is 1. The molecule has 1 N–H and O–H groups in total. The van der Waals surface area contributed by atoms with E-state index in [1.54, 1.807) is 20.3 Å². The molecule has 26 heavy (non-hydrogen) atoms. The largest absolute Gasteiger partial charge is 0.493 e. The predicted octanol–water partition coefficient (Wildman–Crippen LogP) is 5.27. The van der Waals surface area contributed by atoms with Gasteiger partial charge in [0.05, 0.1) is 18.7 Å². The van der Waals surface area contributed by atoms with Gasteiger partial charge in [0.15, 0.2) is 11.5 Å². The highest BCUT2D eigenvalue weighted by molar-refractivity contribution is 9.10. The number of ether oxygens (including phenoxy) is 2. The van der Waals surface area contributed by atoms with Gasteiger partial charge in [0.25, 0.3) is 0 Å². The van der Waals surface area contributed by atoms with Gasteiger partial charge in [-0.3, -0.25) is 4.79 Å². The first-order valence-electron chi connectivity index (χ1n) is 8.00. The van der Waals surface area contributed by atoms with E-state index in [-0.39, 0.29) is 5.91 Å². The summed E-state index contributed by atoms with van der Waals surface area (Å²) in [5, 5.41) is 5.01. The molecule has 0 heterocycles. The molecule has 3 aromatic rings. The van der Waals surface area contributed by atoms with Crippen molar-refractivity contribution in [3.8, 4) is 11.5 Å². The fourth-order valence-electron chi connectivity index (χ4n) is 2.71. The van der Waals surface area contributed by atoms with Crippen molar-refractivity contribution in [1.82, 2.24) is 0 Å². The first kappa shape index (κ1) is 18.0. The van der Waals surface area contributed by atoms with E-state index in [1.807, 2.05) is 54.6 Å². The molecule has 0 radical (unpaired) electrons. The Morgan fingerprint density at radius 2 is 1.81 bits per heavy atom. The van der Waals surface area contributed by atoms with Crippen molar-refractivity contribution in [1.29, 1.82) is 0 Å². The number of fused-ring (bicyclic) bond motifs is 1. The van der Waals surface area contributed by atoms with Crippen LogP contribution in [0, 0.1) is 0 Å². The van der Waals surface area contributed by atoms with E-state index in [4.69, 9.17) is 9.47 Å². The highest BCUT2D eigenvalue weighted by Crippen LogP contribution is 2.36. The van der Waals surface area contributed by atoms with Gasteiger partial charge in [-0.25, -0.2) is 0 Å². The van der Waals surface area contributed by atoms with E-state index >= 15 is 0 Å². The highest BCUT2D eigenvalue weighted by Gasteiger charge is 2.09. The normalized spacial score (nSPS) is 10.9. The van der Waals surface area contributed by atoms with Gasteiger partial charge in [-0.05, 0) is 51.2 Å². The van der Waals surface area contributed by atoms with Crippen molar-refractivity contribution in [2.24, 2.45) is 0 Å². The number of methoxy groups -OCH3 is 2. The fraction of sp³-hybridized carbons (Fsp3) is 0.0952. The second-order valence-electron chi connectivity index (χ2n) is 5.59. The quantitative estimate of drug-likeness (QED) is 0.581. The molecule has 3 aromatic carbocycles. The van der Waals surface area contributed by atoms with Crippen molar-refractivity contribution in [3.05, 3.63) is 70.7 Å². The lowest BCUT2D eigenvalue weighted by molar-refractivity contribution is -0.111. The van der Waals surface area contributed by atoms with Gasteiger partial charge in [0.1, 0.15) is 0 Å². The first-order valence-corrected chi connectivity index (χ1v) is 8.80. The molecule has 0 aliphatic rings. The molecule has 0 atom stereocenters. The van der Waals surface area contributed by atoms with Gasteiger partial charge in [-0.15, -0.1) is 0 Å². The number of carbonyl (C=O) groups is 1. The number of hydrogen-bond donors (Lipinski definition) is 1. The number of hydrogen-bond acceptors (Lipinski definition) is 3. The smallest absolute Gasteiger partial charge is 0.248 e. The lowest BCUT2D eigenvalue weighted by atomic mass is 10.1. The van der Waals surface area contributed by atoms with Gasteiger partial charge in [0, 0.05) is 17.1 Å². The Kier molecular flexibility index (Phi) is 5.58. The molecule has 0 fully saturated rings. The number of halogens is 1. The van der Waals surface area contributed by atoms with Crippen molar-refractivity contribution in [2.75, 3.05) is 19.5 Å². The molecule has 132 valence electrons. The number of anilines is 1. The maximum absolute atomic E-state index is 12.3. The third kappa shape index (κ3) is 3.89. The van der Waals surface area contributed by atoms with E-state index in [9.17, 15) is 4.79 Å². The van der Waals surface area contributed by atoms with Crippen LogP contribution in [0.3, 0.4) is 0 Å². The summed E-state index contributed by atoms with van der Waals surface area (Å²) in [6, 6.07) is 17.4. The average molecular weight is 412 g/mol. The maximum atomic E-state index is 12.3. The second kappa shape index (κ2) is 8.06. The predicted molar refractivity (Wildman–Crippen MR) is 109 cm³/mol. The van der Waals surface area contributed by atoms with Crippen LogP contribution in [-0.4, -0.2) is 20.1 Å². The van der Waals surface area contributed by atoms with Crippen molar-refractivity contribution >= 4 is 44.4 Å². The van der Waals surface area contributed by atoms with E-state index in [2.05, 4.69) is 21.2 Å². The summed E-state index contributed by atoms with van der Waals surface area (Å²) in [5.41, 5.74) is 1.61.